The number of nitrogens with one attached hydrogen (secondary N) is 1. The Balaban J connectivity index is 0.000000330. The van der Waals surface area contributed by atoms with Crippen LogP contribution in [0.3, 0.4) is 0 Å². The van der Waals surface area contributed by atoms with Gasteiger partial charge in [0.1, 0.15) is 28.9 Å². The Labute approximate surface area is 367 Å². The van der Waals surface area contributed by atoms with Crippen LogP contribution in [0, 0.1) is 0 Å². The second kappa shape index (κ2) is 24.1. The maximum atomic E-state index is 12.5. The van der Waals surface area contributed by atoms with Gasteiger partial charge in [0.25, 0.3) is 0 Å². The first kappa shape index (κ1) is 51.7. The maximum Gasteiger partial charge on any atom is 0.434 e. The molecule has 0 aliphatic carbocycles. The van der Waals surface area contributed by atoms with Crippen molar-refractivity contribution in [1.29, 1.82) is 0 Å². The summed E-state index contributed by atoms with van der Waals surface area (Å²) in [5, 5.41) is 2.71. The van der Waals surface area contributed by atoms with Gasteiger partial charge in [0, 0.05) is 17.3 Å². The highest BCUT2D eigenvalue weighted by atomic mass is 16.6. The van der Waals surface area contributed by atoms with Gasteiger partial charge in [-0.05, 0) is 101 Å². The monoisotopic (exact) mass is 848 g/mol. The molecule has 0 spiro atoms. The number of carbonyl (C=O) groups is 4. The van der Waals surface area contributed by atoms with Gasteiger partial charge in [0.05, 0.1) is 11.8 Å². The molecule has 0 fully saturated rings. The summed E-state index contributed by atoms with van der Waals surface area (Å²) in [5.74, 6) is -0.885. The molecule has 2 amide bonds. The van der Waals surface area contributed by atoms with Crippen LogP contribution in [0.2, 0.25) is 0 Å². The fraction of sp³-hybridized carbons (Fsp3) is 0.380. The van der Waals surface area contributed by atoms with E-state index in [9.17, 15) is 19.2 Å². The van der Waals surface area contributed by atoms with Crippen LogP contribution in [0.1, 0.15) is 111 Å². The summed E-state index contributed by atoms with van der Waals surface area (Å²) in [6, 6.07) is 36.4. The quantitative estimate of drug-likeness (QED) is 0.0940. The maximum absolute atomic E-state index is 12.5. The molecule has 4 rings (SSSR count). The molecule has 0 bridgehead atoms. The van der Waals surface area contributed by atoms with E-state index < -0.39 is 52.6 Å². The van der Waals surface area contributed by atoms with Gasteiger partial charge in [-0.3, -0.25) is 14.8 Å². The number of benzene rings is 4. The van der Waals surface area contributed by atoms with Crippen LogP contribution < -0.4 is 5.32 Å². The molecule has 12 nitrogen and oxygen atoms in total. The van der Waals surface area contributed by atoms with Gasteiger partial charge < -0.3 is 24.3 Å². The van der Waals surface area contributed by atoms with Crippen LogP contribution in [0.15, 0.2) is 136 Å². The molecular weight excluding hydrogens is 785 g/mol. The van der Waals surface area contributed by atoms with Crippen LogP contribution >= 0.6 is 0 Å². The number of aliphatic imine (C=N–C) groups is 3. The molecule has 2 unspecified atom stereocenters. The lowest BCUT2D eigenvalue weighted by molar-refractivity contribution is -0.157. The van der Waals surface area contributed by atoms with E-state index in [1.807, 2.05) is 151 Å². The molecule has 0 saturated carbocycles. The number of amides is 2. The number of nitrogens with zero attached hydrogens (tertiary/aromatic N) is 3. The summed E-state index contributed by atoms with van der Waals surface area (Å²) in [4.78, 5) is 59.9. The second-order valence-electron chi connectivity index (χ2n) is 17.8. The van der Waals surface area contributed by atoms with Crippen molar-refractivity contribution in [1.82, 2.24) is 5.32 Å². The SMILES string of the molecule is C=NC(C(=O)OC(C)(C)C)C(NC(=O)OC(C)(C)C)c1ccccc1.CC(C)(C)OC(=O)CN=C(c1ccccc1)c1ccccc1.CC(C)(C)OC(=O)N=Cc1ccccc1. The number of hydrogen-bond donors (Lipinski definition) is 1. The zero-order chi connectivity index (χ0) is 46.6. The molecule has 0 heterocycles. The lowest BCUT2D eigenvalue weighted by atomic mass is 9.99. The molecule has 4 aromatic rings. The molecule has 2 atom stereocenters. The van der Waals surface area contributed by atoms with Gasteiger partial charge >= 0.3 is 24.1 Å². The van der Waals surface area contributed by atoms with Crippen molar-refractivity contribution in [2.75, 3.05) is 6.54 Å². The average Bonchev–Trinajstić information content (AvgIpc) is 3.16. The number of ether oxygens (including phenoxy) is 4. The molecule has 0 aliphatic rings. The minimum Gasteiger partial charge on any atom is -0.459 e. The molecule has 4 aromatic carbocycles. The first-order chi connectivity index (χ1) is 28.9. The van der Waals surface area contributed by atoms with Gasteiger partial charge in [-0.1, -0.05) is 121 Å². The van der Waals surface area contributed by atoms with Gasteiger partial charge in [-0.15, -0.1) is 0 Å². The van der Waals surface area contributed by atoms with Crippen molar-refractivity contribution >= 4 is 42.8 Å². The Morgan fingerprint density at radius 2 is 1.00 bits per heavy atom. The smallest absolute Gasteiger partial charge is 0.434 e. The van der Waals surface area contributed by atoms with E-state index in [1.165, 1.54) is 6.21 Å². The predicted octanol–water partition coefficient (Wildman–Crippen LogP) is 10.6. The van der Waals surface area contributed by atoms with Crippen molar-refractivity contribution in [2.24, 2.45) is 15.0 Å². The molecule has 0 aliphatic heterocycles. The van der Waals surface area contributed by atoms with Crippen molar-refractivity contribution in [2.45, 2.75) is 118 Å². The van der Waals surface area contributed by atoms with E-state index in [1.54, 1.807) is 53.7 Å². The molecule has 62 heavy (non-hydrogen) atoms. The Bertz CT molecular complexity index is 2020. The summed E-state index contributed by atoms with van der Waals surface area (Å²) < 4.78 is 21.0. The lowest BCUT2D eigenvalue weighted by Crippen LogP contribution is -2.43. The van der Waals surface area contributed by atoms with Crippen molar-refractivity contribution in [3.05, 3.63) is 144 Å². The zero-order valence-corrected chi connectivity index (χ0v) is 38.3. The Morgan fingerprint density at radius 1 is 0.581 bits per heavy atom. The van der Waals surface area contributed by atoms with Crippen LogP contribution in [0.25, 0.3) is 0 Å². The molecule has 0 saturated heterocycles. The number of hydrogen-bond acceptors (Lipinski definition) is 10. The van der Waals surface area contributed by atoms with Gasteiger partial charge in [0.2, 0.25) is 0 Å². The Morgan fingerprint density at radius 3 is 1.42 bits per heavy atom. The molecule has 332 valence electrons. The number of esters is 2. The fourth-order valence-corrected chi connectivity index (χ4v) is 5.13. The first-order valence-corrected chi connectivity index (χ1v) is 20.3. The number of rotatable bonds is 10. The fourth-order valence-electron chi connectivity index (χ4n) is 5.13. The molecular formula is C50H64N4O8. The Kier molecular flexibility index (Phi) is 20.1. The largest absolute Gasteiger partial charge is 0.459 e. The third-order valence-corrected chi connectivity index (χ3v) is 7.38. The van der Waals surface area contributed by atoms with Gasteiger partial charge in [-0.25, -0.2) is 14.4 Å². The highest BCUT2D eigenvalue weighted by molar-refractivity contribution is 6.13. The van der Waals surface area contributed by atoms with Crippen LogP contribution in [-0.4, -0.2) is 77.8 Å². The standard InChI is InChI=1S/C19H28N2O4.C19H21NO2.C12H15NO2/c1-18(2,3)24-16(22)15(20-7)14(13-11-9-8-10-12-13)21-17(23)25-19(4,5)6;1-19(2,3)22-17(21)14-20-18(15-10-6-4-7-11-15)16-12-8-5-9-13-16;1-12(2,3)15-11(14)13-9-10-7-5-4-6-8-10/h8-12,14-15H,7H2,1-6H3,(H,21,23);4-13H,14H2,1-3H3;4-9H,1-3H3. The van der Waals surface area contributed by atoms with E-state index in [0.717, 1.165) is 22.4 Å². The summed E-state index contributed by atoms with van der Waals surface area (Å²) in [6.07, 6.45) is 0.290. The molecule has 0 aromatic heterocycles. The first-order valence-electron chi connectivity index (χ1n) is 20.3. The highest BCUT2D eigenvalue weighted by Gasteiger charge is 2.34. The van der Waals surface area contributed by atoms with E-state index in [2.05, 4.69) is 27.0 Å². The van der Waals surface area contributed by atoms with E-state index in [4.69, 9.17) is 18.9 Å². The lowest BCUT2D eigenvalue weighted by Gasteiger charge is -2.28. The van der Waals surface area contributed by atoms with Crippen LogP contribution in [-0.2, 0) is 28.5 Å². The third kappa shape index (κ3) is 22.3. The summed E-state index contributed by atoms with van der Waals surface area (Å²) in [6.45, 7) is 25.1. The van der Waals surface area contributed by atoms with E-state index in [-0.39, 0.29) is 12.5 Å². The van der Waals surface area contributed by atoms with Crippen molar-refractivity contribution in [3.63, 3.8) is 0 Å². The molecule has 12 heteroatoms. The zero-order valence-electron chi connectivity index (χ0n) is 38.3. The molecule has 1 N–H and O–H groups in total. The van der Waals surface area contributed by atoms with Crippen molar-refractivity contribution < 1.29 is 38.1 Å². The summed E-state index contributed by atoms with van der Waals surface area (Å²) in [5.41, 5.74) is 2.03. The average molecular weight is 849 g/mol. The number of carbonyl (C=O) groups excluding carboxylic acids is 4. The second-order valence-corrected chi connectivity index (χ2v) is 17.8. The van der Waals surface area contributed by atoms with Gasteiger partial charge in [-0.2, -0.15) is 4.99 Å². The predicted molar refractivity (Wildman–Crippen MR) is 247 cm³/mol. The van der Waals surface area contributed by atoms with Crippen LogP contribution in [0.4, 0.5) is 9.59 Å². The normalized spacial score (nSPS) is 12.4. The number of alkyl carbamates (subject to hydrolysis) is 1. The topological polar surface area (TPSA) is 154 Å². The minimum atomic E-state index is -0.992. The highest BCUT2D eigenvalue weighted by Crippen LogP contribution is 2.23. The van der Waals surface area contributed by atoms with Gasteiger partial charge in [0.15, 0.2) is 6.04 Å². The van der Waals surface area contributed by atoms with E-state index in [0.29, 0.717) is 5.56 Å². The van der Waals surface area contributed by atoms with Crippen molar-refractivity contribution in [3.8, 4) is 0 Å². The minimum absolute atomic E-state index is 0.0103. The summed E-state index contributed by atoms with van der Waals surface area (Å²) in [7, 11) is 0. The molecule has 0 radical (unpaired) electrons. The third-order valence-electron chi connectivity index (χ3n) is 7.38. The Hall–Kier alpha value is -6.43. The van der Waals surface area contributed by atoms with Crippen LogP contribution in [0.5, 0.6) is 0 Å². The summed E-state index contributed by atoms with van der Waals surface area (Å²) >= 11 is 0. The van der Waals surface area contributed by atoms with E-state index >= 15 is 0 Å².